The normalized spacial score (nSPS) is 10.6. The highest BCUT2D eigenvalue weighted by Gasteiger charge is 2.04. The average Bonchev–Trinajstić information content (AvgIpc) is 3.02. The number of carbonyl (C=O) groups is 1. The van der Waals surface area contributed by atoms with Gasteiger partial charge in [-0.2, -0.15) is 10.2 Å². The van der Waals surface area contributed by atoms with Crippen molar-refractivity contribution in [2.75, 3.05) is 0 Å². The van der Waals surface area contributed by atoms with E-state index in [1.165, 1.54) is 0 Å². The van der Waals surface area contributed by atoms with E-state index in [2.05, 4.69) is 15.5 Å². The molecule has 7 heteroatoms. The summed E-state index contributed by atoms with van der Waals surface area (Å²) in [6, 6.07) is 1.90. The lowest BCUT2D eigenvalue weighted by Crippen LogP contribution is -2.24. The number of halogens is 1. The SMILES string of the molecule is CCn1ccc(CNC(=O)CCn2cc(Cl)cn2)n1. The van der Waals surface area contributed by atoms with Crippen LogP contribution < -0.4 is 5.32 Å². The summed E-state index contributed by atoms with van der Waals surface area (Å²) in [6.07, 6.45) is 5.51. The van der Waals surface area contributed by atoms with Crippen LogP contribution in [-0.2, 0) is 24.4 Å². The quantitative estimate of drug-likeness (QED) is 0.872. The Bertz CT molecular complexity index is 548. The van der Waals surface area contributed by atoms with Gasteiger partial charge in [-0.1, -0.05) is 11.6 Å². The first-order valence-corrected chi connectivity index (χ1v) is 6.52. The van der Waals surface area contributed by atoms with Gasteiger partial charge < -0.3 is 5.32 Å². The monoisotopic (exact) mass is 281 g/mol. The number of nitrogens with one attached hydrogen (secondary N) is 1. The van der Waals surface area contributed by atoms with Crippen LogP contribution in [0.5, 0.6) is 0 Å². The van der Waals surface area contributed by atoms with Gasteiger partial charge in [0.1, 0.15) is 0 Å². The third kappa shape index (κ3) is 4.10. The van der Waals surface area contributed by atoms with Crippen LogP contribution in [0.3, 0.4) is 0 Å². The van der Waals surface area contributed by atoms with Crippen molar-refractivity contribution in [1.29, 1.82) is 0 Å². The van der Waals surface area contributed by atoms with Crippen molar-refractivity contribution in [1.82, 2.24) is 24.9 Å². The van der Waals surface area contributed by atoms with Gasteiger partial charge in [0.25, 0.3) is 0 Å². The molecule has 0 unspecified atom stereocenters. The number of rotatable bonds is 6. The molecular weight excluding hydrogens is 266 g/mol. The Balaban J connectivity index is 1.72. The average molecular weight is 282 g/mol. The minimum absolute atomic E-state index is 0.0299. The first kappa shape index (κ1) is 13.6. The van der Waals surface area contributed by atoms with Gasteiger partial charge in [-0.3, -0.25) is 14.2 Å². The van der Waals surface area contributed by atoms with E-state index < -0.39 is 0 Å². The Morgan fingerprint density at radius 1 is 1.47 bits per heavy atom. The van der Waals surface area contributed by atoms with Gasteiger partial charge in [-0.05, 0) is 13.0 Å². The summed E-state index contributed by atoms with van der Waals surface area (Å²) >= 11 is 5.74. The summed E-state index contributed by atoms with van der Waals surface area (Å²) in [7, 11) is 0. The number of carbonyl (C=O) groups excluding carboxylic acids is 1. The summed E-state index contributed by atoms with van der Waals surface area (Å²) in [4.78, 5) is 11.7. The minimum atomic E-state index is -0.0299. The number of amides is 1. The molecule has 0 aliphatic carbocycles. The van der Waals surface area contributed by atoms with E-state index in [9.17, 15) is 4.79 Å². The predicted molar refractivity (Wildman–Crippen MR) is 71.6 cm³/mol. The second-order valence-corrected chi connectivity index (χ2v) is 4.55. The fraction of sp³-hybridized carbons (Fsp3) is 0.417. The zero-order chi connectivity index (χ0) is 13.7. The molecule has 0 fully saturated rings. The molecule has 0 saturated heterocycles. The van der Waals surface area contributed by atoms with Crippen molar-refractivity contribution in [2.24, 2.45) is 0 Å². The van der Waals surface area contributed by atoms with Crippen molar-refractivity contribution < 1.29 is 4.79 Å². The van der Waals surface area contributed by atoms with Gasteiger partial charge in [-0.15, -0.1) is 0 Å². The van der Waals surface area contributed by atoms with Gasteiger partial charge in [0.15, 0.2) is 0 Å². The molecule has 2 heterocycles. The Hall–Kier alpha value is -1.82. The Labute approximate surface area is 116 Å². The van der Waals surface area contributed by atoms with Gasteiger partial charge >= 0.3 is 0 Å². The largest absolute Gasteiger partial charge is 0.350 e. The fourth-order valence-corrected chi connectivity index (χ4v) is 1.78. The third-order valence-electron chi connectivity index (χ3n) is 2.66. The van der Waals surface area contributed by atoms with Crippen molar-refractivity contribution in [3.05, 3.63) is 35.4 Å². The number of aromatic nitrogens is 4. The first-order chi connectivity index (χ1) is 9.17. The molecular formula is C12H16ClN5O. The molecule has 0 atom stereocenters. The van der Waals surface area contributed by atoms with Crippen LogP contribution in [0.4, 0.5) is 0 Å². The Morgan fingerprint density at radius 2 is 2.32 bits per heavy atom. The summed E-state index contributed by atoms with van der Waals surface area (Å²) < 4.78 is 3.47. The molecule has 102 valence electrons. The van der Waals surface area contributed by atoms with Crippen LogP contribution in [0.2, 0.25) is 5.02 Å². The third-order valence-corrected chi connectivity index (χ3v) is 2.85. The van der Waals surface area contributed by atoms with Gasteiger partial charge in [0.2, 0.25) is 5.91 Å². The van der Waals surface area contributed by atoms with Crippen molar-refractivity contribution in [2.45, 2.75) is 33.0 Å². The van der Waals surface area contributed by atoms with E-state index in [-0.39, 0.29) is 5.91 Å². The smallest absolute Gasteiger partial charge is 0.222 e. The van der Waals surface area contributed by atoms with E-state index in [0.717, 1.165) is 12.2 Å². The van der Waals surface area contributed by atoms with Gasteiger partial charge in [0, 0.05) is 31.9 Å². The zero-order valence-electron chi connectivity index (χ0n) is 10.7. The van der Waals surface area contributed by atoms with Crippen LogP contribution in [0.1, 0.15) is 19.0 Å². The highest BCUT2D eigenvalue weighted by molar-refractivity contribution is 6.30. The first-order valence-electron chi connectivity index (χ1n) is 6.14. The van der Waals surface area contributed by atoms with Crippen LogP contribution in [0, 0.1) is 0 Å². The number of hydrogen-bond acceptors (Lipinski definition) is 3. The molecule has 2 aromatic heterocycles. The molecule has 0 bridgehead atoms. The molecule has 2 rings (SSSR count). The summed E-state index contributed by atoms with van der Waals surface area (Å²) in [5, 5.41) is 11.7. The number of nitrogens with zero attached hydrogens (tertiary/aromatic N) is 4. The molecule has 0 spiro atoms. The molecule has 0 aromatic carbocycles. The van der Waals surface area contributed by atoms with Crippen molar-refractivity contribution in [3.63, 3.8) is 0 Å². The second kappa shape index (κ2) is 6.38. The number of hydrogen-bond donors (Lipinski definition) is 1. The molecule has 0 saturated carbocycles. The van der Waals surface area contributed by atoms with Crippen LogP contribution in [0.25, 0.3) is 0 Å². The Kier molecular flexibility index (Phi) is 4.57. The molecule has 6 nitrogen and oxygen atoms in total. The molecule has 2 aromatic rings. The van der Waals surface area contributed by atoms with E-state index in [1.807, 2.05) is 23.9 Å². The maximum absolute atomic E-state index is 11.7. The minimum Gasteiger partial charge on any atom is -0.350 e. The van der Waals surface area contributed by atoms with Crippen LogP contribution >= 0.6 is 11.6 Å². The topological polar surface area (TPSA) is 64.7 Å². The lowest BCUT2D eigenvalue weighted by atomic mass is 10.3. The highest BCUT2D eigenvalue weighted by Crippen LogP contribution is 2.05. The van der Waals surface area contributed by atoms with E-state index in [4.69, 9.17) is 11.6 Å². The standard InChI is InChI=1S/C12H16ClN5O/c1-2-17-5-3-11(16-17)8-14-12(19)4-6-18-9-10(13)7-15-18/h3,5,7,9H,2,4,6,8H2,1H3,(H,14,19). The van der Waals surface area contributed by atoms with E-state index in [1.54, 1.807) is 17.1 Å². The Morgan fingerprint density at radius 3 is 2.95 bits per heavy atom. The molecule has 1 amide bonds. The summed E-state index contributed by atoms with van der Waals surface area (Å²) in [6.45, 7) is 3.81. The molecule has 0 radical (unpaired) electrons. The molecule has 19 heavy (non-hydrogen) atoms. The second-order valence-electron chi connectivity index (χ2n) is 4.11. The maximum atomic E-state index is 11.7. The van der Waals surface area contributed by atoms with Crippen molar-refractivity contribution in [3.8, 4) is 0 Å². The van der Waals surface area contributed by atoms with Crippen LogP contribution in [0.15, 0.2) is 24.7 Å². The van der Waals surface area contributed by atoms with Crippen LogP contribution in [-0.4, -0.2) is 25.5 Å². The highest BCUT2D eigenvalue weighted by atomic mass is 35.5. The van der Waals surface area contributed by atoms with E-state index >= 15 is 0 Å². The number of aryl methyl sites for hydroxylation is 2. The predicted octanol–water partition coefficient (Wildman–Crippen LogP) is 1.46. The maximum Gasteiger partial charge on any atom is 0.222 e. The van der Waals surface area contributed by atoms with Gasteiger partial charge in [-0.25, -0.2) is 0 Å². The summed E-state index contributed by atoms with van der Waals surface area (Å²) in [5.74, 6) is -0.0299. The lowest BCUT2D eigenvalue weighted by molar-refractivity contribution is -0.121. The van der Waals surface area contributed by atoms with Gasteiger partial charge in [0.05, 0.1) is 23.5 Å². The zero-order valence-corrected chi connectivity index (χ0v) is 11.5. The van der Waals surface area contributed by atoms with E-state index in [0.29, 0.717) is 24.5 Å². The molecule has 0 aliphatic heterocycles. The molecule has 0 aliphatic rings. The molecule has 1 N–H and O–H groups in total. The fourth-order valence-electron chi connectivity index (χ4n) is 1.63. The lowest BCUT2D eigenvalue weighted by Gasteiger charge is -2.03. The van der Waals surface area contributed by atoms with Crippen molar-refractivity contribution >= 4 is 17.5 Å². The summed E-state index contributed by atoms with van der Waals surface area (Å²) in [5.41, 5.74) is 0.859.